The van der Waals surface area contributed by atoms with Crippen molar-refractivity contribution in [3.63, 3.8) is 0 Å². The second kappa shape index (κ2) is 10.1. The lowest BCUT2D eigenvalue weighted by Gasteiger charge is -2.37. The van der Waals surface area contributed by atoms with Gasteiger partial charge in [-0.1, -0.05) is 52.1 Å². The number of nitrogens with one attached hydrogen (secondary N) is 2. The van der Waals surface area contributed by atoms with Gasteiger partial charge in [0, 0.05) is 30.7 Å². The molecule has 0 saturated carbocycles. The Hall–Kier alpha value is -1.38. The fourth-order valence-electron chi connectivity index (χ4n) is 3.22. The van der Waals surface area contributed by atoms with Crippen LogP contribution in [0.15, 0.2) is 40.9 Å². The minimum Gasteiger partial charge on any atom is -0.366 e. The molecule has 0 bridgehead atoms. The van der Waals surface area contributed by atoms with Crippen molar-refractivity contribution < 1.29 is 4.79 Å². The van der Waals surface area contributed by atoms with Crippen molar-refractivity contribution in [2.75, 3.05) is 42.9 Å². The third kappa shape index (κ3) is 5.61. The van der Waals surface area contributed by atoms with Crippen LogP contribution < -0.4 is 15.5 Å². The van der Waals surface area contributed by atoms with Crippen molar-refractivity contribution in [3.05, 3.63) is 56.5 Å². The first-order valence-electron chi connectivity index (χ1n) is 9.22. The van der Waals surface area contributed by atoms with Gasteiger partial charge in [0.15, 0.2) is 5.11 Å². The predicted molar refractivity (Wildman–Crippen MR) is 129 cm³/mol. The number of piperazine rings is 1. The van der Waals surface area contributed by atoms with E-state index < -0.39 is 0 Å². The number of nitrogens with zero attached hydrogens (tertiary/aromatic N) is 2. The van der Waals surface area contributed by atoms with Gasteiger partial charge >= 0.3 is 0 Å². The molecule has 2 aromatic rings. The zero-order valence-electron chi connectivity index (χ0n) is 15.8. The van der Waals surface area contributed by atoms with Crippen LogP contribution in [0.25, 0.3) is 0 Å². The van der Waals surface area contributed by atoms with Crippen molar-refractivity contribution in [1.82, 2.24) is 10.2 Å². The molecule has 0 radical (unpaired) electrons. The molecule has 9 heteroatoms. The van der Waals surface area contributed by atoms with Gasteiger partial charge in [0.2, 0.25) is 0 Å². The smallest absolute Gasteiger partial charge is 0.258 e. The Balaban J connectivity index is 1.73. The van der Waals surface area contributed by atoms with Gasteiger partial charge in [0.05, 0.1) is 27.0 Å². The minimum atomic E-state index is -0.381. The van der Waals surface area contributed by atoms with E-state index in [0.717, 1.165) is 48.6 Å². The number of hydrogen-bond acceptors (Lipinski definition) is 4. The molecule has 1 fully saturated rings. The summed E-state index contributed by atoms with van der Waals surface area (Å²) in [6, 6.07) is 10.7. The van der Waals surface area contributed by atoms with E-state index in [4.69, 9.17) is 35.4 Å². The van der Waals surface area contributed by atoms with Crippen LogP contribution in [0, 0.1) is 0 Å². The molecule has 154 valence electrons. The highest BCUT2D eigenvalue weighted by Gasteiger charge is 2.21. The van der Waals surface area contributed by atoms with Gasteiger partial charge in [-0.05, 0) is 49.1 Å². The molecule has 5 nitrogen and oxygen atoms in total. The molecular formula is C20H21BrCl2N4OS. The zero-order chi connectivity index (χ0) is 21.0. The third-order valence-corrected chi connectivity index (χ3v) is 6.10. The molecule has 1 amide bonds. The van der Waals surface area contributed by atoms with Gasteiger partial charge in [0.25, 0.3) is 5.91 Å². The number of benzene rings is 2. The van der Waals surface area contributed by atoms with Crippen molar-refractivity contribution in [2.45, 2.75) is 6.92 Å². The molecule has 0 spiro atoms. The first-order valence-corrected chi connectivity index (χ1v) is 11.2. The van der Waals surface area contributed by atoms with Crippen LogP contribution in [0.1, 0.15) is 17.3 Å². The zero-order valence-corrected chi connectivity index (χ0v) is 19.8. The summed E-state index contributed by atoms with van der Waals surface area (Å²) in [5.74, 6) is -0.381. The molecule has 1 saturated heterocycles. The molecule has 1 heterocycles. The number of likely N-dealkylation sites (N-methyl/N-ethyl adjacent to an activating group) is 1. The van der Waals surface area contributed by atoms with Crippen LogP contribution >= 0.6 is 51.3 Å². The van der Waals surface area contributed by atoms with E-state index in [2.05, 4.69) is 43.3 Å². The second-order valence-electron chi connectivity index (χ2n) is 6.59. The summed E-state index contributed by atoms with van der Waals surface area (Å²) >= 11 is 21.3. The SMILES string of the molecule is CCN1CCN(c2c(Cl)cccc2NC(=S)NC(=O)c2cc(Br)ccc2Cl)CC1. The van der Waals surface area contributed by atoms with E-state index in [9.17, 15) is 4.79 Å². The molecule has 3 rings (SSSR count). The normalized spacial score (nSPS) is 14.6. The molecule has 1 aliphatic rings. The molecule has 1 aliphatic heterocycles. The van der Waals surface area contributed by atoms with Crippen LogP contribution in [-0.2, 0) is 0 Å². The van der Waals surface area contributed by atoms with Crippen LogP contribution in [0.5, 0.6) is 0 Å². The highest BCUT2D eigenvalue weighted by atomic mass is 79.9. The van der Waals surface area contributed by atoms with Gasteiger partial charge in [-0.3, -0.25) is 10.1 Å². The fraction of sp³-hybridized carbons (Fsp3) is 0.300. The summed E-state index contributed by atoms with van der Waals surface area (Å²) in [4.78, 5) is 17.2. The summed E-state index contributed by atoms with van der Waals surface area (Å²) < 4.78 is 0.759. The maximum absolute atomic E-state index is 12.6. The second-order valence-corrected chi connectivity index (χ2v) is 8.73. The number of anilines is 2. The van der Waals surface area contributed by atoms with Crippen LogP contribution in [0.4, 0.5) is 11.4 Å². The van der Waals surface area contributed by atoms with E-state index in [1.807, 2.05) is 18.2 Å². The maximum atomic E-state index is 12.6. The van der Waals surface area contributed by atoms with Gasteiger partial charge in [0.1, 0.15) is 0 Å². The molecular weight excluding hydrogens is 495 g/mol. The standard InChI is InChI=1S/C20H21BrCl2N4OS/c1-2-26-8-10-27(11-9-26)18-16(23)4-3-5-17(18)24-20(29)25-19(28)14-12-13(21)6-7-15(14)22/h3-7,12H,2,8-11H2,1H3,(H2,24,25,28,29). The van der Waals surface area contributed by atoms with E-state index >= 15 is 0 Å². The quantitative estimate of drug-likeness (QED) is 0.559. The molecule has 2 aromatic carbocycles. The van der Waals surface area contributed by atoms with E-state index in [0.29, 0.717) is 15.6 Å². The number of amides is 1. The summed E-state index contributed by atoms with van der Waals surface area (Å²) in [5, 5.41) is 6.98. The lowest BCUT2D eigenvalue weighted by atomic mass is 10.2. The number of rotatable bonds is 4. The van der Waals surface area contributed by atoms with Gasteiger partial charge in [-0.25, -0.2) is 0 Å². The van der Waals surface area contributed by atoms with Crippen molar-refractivity contribution in [1.29, 1.82) is 0 Å². The van der Waals surface area contributed by atoms with Gasteiger partial charge in [-0.2, -0.15) is 0 Å². The predicted octanol–water partition coefficient (Wildman–Crippen LogP) is 5.02. The molecule has 0 unspecified atom stereocenters. The Morgan fingerprint density at radius 1 is 1.14 bits per heavy atom. The number of thiocarbonyl (C=S) groups is 1. The number of hydrogen-bond donors (Lipinski definition) is 2. The first-order chi connectivity index (χ1) is 13.9. The number of para-hydroxylation sites is 1. The minimum absolute atomic E-state index is 0.182. The van der Waals surface area contributed by atoms with Crippen molar-refractivity contribution >= 4 is 73.7 Å². The topological polar surface area (TPSA) is 47.6 Å². The summed E-state index contributed by atoms with van der Waals surface area (Å²) in [7, 11) is 0. The van der Waals surface area contributed by atoms with Crippen LogP contribution in [-0.4, -0.2) is 48.6 Å². The van der Waals surface area contributed by atoms with Crippen LogP contribution in [0.2, 0.25) is 10.0 Å². The van der Waals surface area contributed by atoms with Crippen molar-refractivity contribution in [3.8, 4) is 0 Å². The Morgan fingerprint density at radius 3 is 2.55 bits per heavy atom. The number of halogens is 3. The Labute approximate surface area is 194 Å². The first kappa shape index (κ1) is 22.3. The lowest BCUT2D eigenvalue weighted by molar-refractivity contribution is 0.0978. The van der Waals surface area contributed by atoms with E-state index in [-0.39, 0.29) is 11.0 Å². The van der Waals surface area contributed by atoms with Crippen molar-refractivity contribution in [2.24, 2.45) is 0 Å². The molecule has 0 aromatic heterocycles. The Kier molecular flexibility index (Phi) is 7.76. The highest BCUT2D eigenvalue weighted by molar-refractivity contribution is 9.10. The highest BCUT2D eigenvalue weighted by Crippen LogP contribution is 2.34. The summed E-state index contributed by atoms with van der Waals surface area (Å²) in [6.07, 6.45) is 0. The lowest BCUT2D eigenvalue weighted by Crippen LogP contribution is -2.46. The van der Waals surface area contributed by atoms with E-state index in [1.54, 1.807) is 18.2 Å². The number of carbonyl (C=O) groups is 1. The monoisotopic (exact) mass is 514 g/mol. The third-order valence-electron chi connectivity index (χ3n) is 4.77. The number of carbonyl (C=O) groups excluding carboxylic acids is 1. The Bertz CT molecular complexity index is 919. The maximum Gasteiger partial charge on any atom is 0.258 e. The average Bonchev–Trinajstić information content (AvgIpc) is 2.70. The average molecular weight is 516 g/mol. The molecule has 29 heavy (non-hydrogen) atoms. The van der Waals surface area contributed by atoms with E-state index in [1.165, 1.54) is 0 Å². The Morgan fingerprint density at radius 2 is 1.86 bits per heavy atom. The van der Waals surface area contributed by atoms with Gasteiger partial charge < -0.3 is 15.1 Å². The molecule has 2 N–H and O–H groups in total. The summed E-state index contributed by atoms with van der Waals surface area (Å²) in [5.41, 5.74) is 1.99. The largest absolute Gasteiger partial charge is 0.366 e. The van der Waals surface area contributed by atoms with Gasteiger partial charge in [-0.15, -0.1) is 0 Å². The molecule has 0 aliphatic carbocycles. The molecule has 0 atom stereocenters. The van der Waals surface area contributed by atoms with Crippen LogP contribution in [0.3, 0.4) is 0 Å². The summed E-state index contributed by atoms with van der Waals surface area (Å²) in [6.45, 7) is 6.90. The fourth-order valence-corrected chi connectivity index (χ4v) is 4.28.